The minimum Gasteiger partial charge on any atom is -0.491 e. The maximum atomic E-state index is 11.8. The molecule has 0 radical (unpaired) electrons. The first kappa shape index (κ1) is 21.9. The Hall–Kier alpha value is -3.36. The van der Waals surface area contributed by atoms with Crippen molar-refractivity contribution in [1.82, 2.24) is 10.3 Å². The fourth-order valence-electron chi connectivity index (χ4n) is 3.60. The number of amides is 2. The number of ether oxygens (including phenoxy) is 2. The molecule has 4 rings (SSSR count). The maximum Gasteiger partial charge on any atom is 0.321 e. The molecule has 1 fully saturated rings. The van der Waals surface area contributed by atoms with Crippen molar-refractivity contribution in [1.29, 1.82) is 0 Å². The van der Waals surface area contributed by atoms with Gasteiger partial charge in [0.1, 0.15) is 12.4 Å². The zero-order chi connectivity index (χ0) is 22.3. The number of urea groups is 1. The Morgan fingerprint density at radius 1 is 1.19 bits per heavy atom. The van der Waals surface area contributed by atoms with Crippen LogP contribution in [0.15, 0.2) is 53.1 Å². The molecular weight excluding hydrogens is 410 g/mol. The summed E-state index contributed by atoms with van der Waals surface area (Å²) < 4.78 is 17.1. The second kappa shape index (κ2) is 10.3. The SMILES string of the molecule is CCOCc1cc(Cc2ncc(-c3ccc(N4CCNC4=O)cc3)o2)cc(OCCO)c1. The first-order valence-corrected chi connectivity index (χ1v) is 10.7. The van der Waals surface area contributed by atoms with Crippen LogP contribution >= 0.6 is 0 Å². The smallest absolute Gasteiger partial charge is 0.321 e. The number of oxazole rings is 1. The summed E-state index contributed by atoms with van der Waals surface area (Å²) >= 11 is 0. The molecule has 2 amide bonds. The normalized spacial score (nSPS) is 13.4. The molecule has 1 aliphatic rings. The van der Waals surface area contributed by atoms with Gasteiger partial charge in [0.15, 0.2) is 11.7 Å². The van der Waals surface area contributed by atoms with Crippen molar-refractivity contribution in [3.63, 3.8) is 0 Å². The van der Waals surface area contributed by atoms with Gasteiger partial charge in [0.25, 0.3) is 0 Å². The number of nitrogens with zero attached hydrogens (tertiary/aromatic N) is 2. The number of benzene rings is 2. The standard InChI is InChI=1S/C24H27N3O5/c1-2-30-16-18-11-17(12-21(13-18)31-10-9-28)14-23-26-15-22(32-23)19-3-5-20(6-4-19)27-8-7-25-24(27)29/h3-6,11-13,15,28H,2,7-10,14,16H2,1H3,(H,25,29). The van der Waals surface area contributed by atoms with Crippen molar-refractivity contribution in [2.45, 2.75) is 20.0 Å². The van der Waals surface area contributed by atoms with Gasteiger partial charge in [-0.25, -0.2) is 9.78 Å². The van der Waals surface area contributed by atoms with E-state index in [2.05, 4.69) is 10.3 Å². The Kier molecular flexibility index (Phi) is 7.03. The van der Waals surface area contributed by atoms with Crippen molar-refractivity contribution in [3.05, 3.63) is 65.7 Å². The van der Waals surface area contributed by atoms with Crippen LogP contribution in [-0.2, 0) is 17.8 Å². The third-order valence-corrected chi connectivity index (χ3v) is 5.09. The summed E-state index contributed by atoms with van der Waals surface area (Å²) in [6.45, 7) is 4.57. The number of anilines is 1. The zero-order valence-electron chi connectivity index (χ0n) is 18.0. The second-order valence-corrected chi connectivity index (χ2v) is 7.42. The van der Waals surface area contributed by atoms with E-state index in [4.69, 9.17) is 19.0 Å². The Morgan fingerprint density at radius 3 is 2.72 bits per heavy atom. The molecule has 0 spiro atoms. The van der Waals surface area contributed by atoms with Crippen LogP contribution in [0.1, 0.15) is 23.9 Å². The van der Waals surface area contributed by atoms with Gasteiger partial charge < -0.3 is 24.3 Å². The van der Waals surface area contributed by atoms with Crippen LogP contribution in [0, 0.1) is 0 Å². The van der Waals surface area contributed by atoms with Gasteiger partial charge in [0.05, 0.1) is 19.4 Å². The third-order valence-electron chi connectivity index (χ3n) is 5.09. The molecule has 0 saturated carbocycles. The van der Waals surface area contributed by atoms with E-state index >= 15 is 0 Å². The van der Waals surface area contributed by atoms with E-state index in [1.54, 1.807) is 11.1 Å². The molecular formula is C24H27N3O5. The molecule has 0 unspecified atom stereocenters. The fraction of sp³-hybridized carbons (Fsp3) is 0.333. The lowest BCUT2D eigenvalue weighted by Crippen LogP contribution is -2.27. The molecule has 0 bridgehead atoms. The summed E-state index contributed by atoms with van der Waals surface area (Å²) in [5, 5.41) is 11.8. The first-order valence-electron chi connectivity index (χ1n) is 10.7. The van der Waals surface area contributed by atoms with Gasteiger partial charge in [-0.3, -0.25) is 4.90 Å². The van der Waals surface area contributed by atoms with E-state index in [9.17, 15) is 4.79 Å². The average Bonchev–Trinajstić information content (AvgIpc) is 3.45. The van der Waals surface area contributed by atoms with Gasteiger partial charge in [-0.1, -0.05) is 6.07 Å². The van der Waals surface area contributed by atoms with Crippen molar-refractivity contribution >= 4 is 11.7 Å². The molecule has 0 atom stereocenters. The zero-order valence-corrected chi connectivity index (χ0v) is 18.0. The van der Waals surface area contributed by atoms with Gasteiger partial charge in [-0.05, 0) is 54.4 Å². The van der Waals surface area contributed by atoms with E-state index in [0.717, 1.165) is 22.4 Å². The summed E-state index contributed by atoms with van der Waals surface area (Å²) in [7, 11) is 0. The highest BCUT2D eigenvalue weighted by atomic mass is 16.5. The first-order chi connectivity index (χ1) is 15.7. The lowest BCUT2D eigenvalue weighted by atomic mass is 10.1. The fourth-order valence-corrected chi connectivity index (χ4v) is 3.60. The Balaban J connectivity index is 1.48. The summed E-state index contributed by atoms with van der Waals surface area (Å²) in [4.78, 5) is 18.0. The van der Waals surface area contributed by atoms with E-state index in [0.29, 0.717) is 50.1 Å². The Morgan fingerprint density at radius 2 is 2.00 bits per heavy atom. The number of rotatable bonds is 10. The quantitative estimate of drug-likeness (QED) is 0.505. The highest BCUT2D eigenvalue weighted by molar-refractivity contribution is 5.94. The molecule has 2 heterocycles. The molecule has 168 valence electrons. The number of nitrogens with one attached hydrogen (secondary N) is 1. The topological polar surface area (TPSA) is 97.1 Å². The molecule has 8 heteroatoms. The van der Waals surface area contributed by atoms with Gasteiger partial charge in [-0.15, -0.1) is 0 Å². The van der Waals surface area contributed by atoms with E-state index in [-0.39, 0.29) is 19.2 Å². The largest absolute Gasteiger partial charge is 0.491 e. The van der Waals surface area contributed by atoms with E-state index in [1.807, 2.05) is 49.4 Å². The van der Waals surface area contributed by atoms with E-state index < -0.39 is 0 Å². The number of carbonyl (C=O) groups excluding carboxylic acids is 1. The van der Waals surface area contributed by atoms with Crippen molar-refractivity contribution in [2.24, 2.45) is 0 Å². The Labute approximate surface area is 186 Å². The molecule has 1 aromatic heterocycles. The second-order valence-electron chi connectivity index (χ2n) is 7.42. The predicted molar refractivity (Wildman–Crippen MR) is 120 cm³/mol. The van der Waals surface area contributed by atoms with Crippen LogP contribution < -0.4 is 15.0 Å². The predicted octanol–water partition coefficient (Wildman–Crippen LogP) is 3.37. The summed E-state index contributed by atoms with van der Waals surface area (Å²) in [6.07, 6.45) is 2.21. The summed E-state index contributed by atoms with van der Waals surface area (Å²) in [5.41, 5.74) is 3.72. The average molecular weight is 437 g/mol. The molecule has 32 heavy (non-hydrogen) atoms. The third kappa shape index (κ3) is 5.27. The molecule has 8 nitrogen and oxygen atoms in total. The molecule has 3 aromatic rings. The lowest BCUT2D eigenvalue weighted by Gasteiger charge is -2.14. The minimum atomic E-state index is -0.0754. The van der Waals surface area contributed by atoms with Crippen LogP contribution in [0.25, 0.3) is 11.3 Å². The molecule has 0 aliphatic carbocycles. The van der Waals surface area contributed by atoms with Crippen molar-refractivity contribution in [2.75, 3.05) is 37.8 Å². The van der Waals surface area contributed by atoms with Crippen molar-refractivity contribution < 1.29 is 23.8 Å². The van der Waals surface area contributed by atoms with Crippen LogP contribution in [0.4, 0.5) is 10.5 Å². The lowest BCUT2D eigenvalue weighted by molar-refractivity contribution is 0.133. The van der Waals surface area contributed by atoms with E-state index in [1.165, 1.54) is 0 Å². The van der Waals surface area contributed by atoms with Crippen LogP contribution in [-0.4, -0.2) is 49.0 Å². The van der Waals surface area contributed by atoms with Gasteiger partial charge in [0.2, 0.25) is 0 Å². The number of hydrogen-bond acceptors (Lipinski definition) is 6. The highest BCUT2D eigenvalue weighted by Crippen LogP contribution is 2.26. The highest BCUT2D eigenvalue weighted by Gasteiger charge is 2.21. The monoisotopic (exact) mass is 437 g/mol. The molecule has 2 N–H and O–H groups in total. The van der Waals surface area contributed by atoms with Gasteiger partial charge >= 0.3 is 6.03 Å². The number of aliphatic hydroxyl groups excluding tert-OH is 1. The molecule has 1 saturated heterocycles. The summed E-state index contributed by atoms with van der Waals surface area (Å²) in [5.74, 6) is 1.93. The van der Waals surface area contributed by atoms with Gasteiger partial charge in [0, 0.05) is 37.4 Å². The number of aliphatic hydroxyl groups is 1. The van der Waals surface area contributed by atoms with Crippen molar-refractivity contribution in [3.8, 4) is 17.1 Å². The summed E-state index contributed by atoms with van der Waals surface area (Å²) in [6, 6.07) is 13.5. The van der Waals surface area contributed by atoms with Crippen LogP contribution in [0.2, 0.25) is 0 Å². The number of carbonyl (C=O) groups is 1. The maximum absolute atomic E-state index is 11.8. The molecule has 1 aliphatic heterocycles. The number of hydrogen-bond donors (Lipinski definition) is 2. The number of aromatic nitrogens is 1. The Bertz CT molecular complexity index is 1020. The minimum absolute atomic E-state index is 0.0463. The van der Waals surface area contributed by atoms with Crippen LogP contribution in [0.3, 0.4) is 0 Å². The van der Waals surface area contributed by atoms with Gasteiger partial charge in [-0.2, -0.15) is 0 Å². The van der Waals surface area contributed by atoms with Crippen LogP contribution in [0.5, 0.6) is 5.75 Å². The molecule has 2 aromatic carbocycles.